The Morgan fingerprint density at radius 2 is 1.65 bits per heavy atom. The average Bonchev–Trinajstić information content (AvgIpc) is 3.27. The zero-order chi connectivity index (χ0) is 29.7. The lowest BCUT2D eigenvalue weighted by atomic mass is 9.76. The largest absolute Gasteiger partial charge is 0.457 e. The van der Waals surface area contributed by atoms with Crippen LogP contribution in [0.15, 0.2) is 12.2 Å². The van der Waals surface area contributed by atoms with Gasteiger partial charge in [0, 0.05) is 11.8 Å². The molecule has 0 aromatic heterocycles. The van der Waals surface area contributed by atoms with Crippen LogP contribution in [-0.4, -0.2) is 74.4 Å². The van der Waals surface area contributed by atoms with E-state index in [4.69, 9.17) is 23.7 Å². The molecular weight excluding hydrogens is 576 g/mol. The molecule has 0 spiro atoms. The lowest BCUT2D eigenvalue weighted by Gasteiger charge is -2.55. The maximum absolute atomic E-state index is 11.5. The Kier molecular flexibility index (Phi) is 9.34. The highest BCUT2D eigenvalue weighted by molar-refractivity contribution is 9.09. The van der Waals surface area contributed by atoms with Gasteiger partial charge in [-0.15, -0.1) is 0 Å². The molecule has 0 bridgehead atoms. The first kappa shape index (κ1) is 32.4. The molecule has 4 heterocycles. The lowest BCUT2D eigenvalue weighted by molar-refractivity contribution is -0.285. The van der Waals surface area contributed by atoms with Crippen LogP contribution in [0.3, 0.4) is 0 Å². The Bertz CT molecular complexity index is 952. The topological polar surface area (TPSA) is 83.5 Å². The van der Waals surface area contributed by atoms with Gasteiger partial charge < -0.3 is 28.8 Å². The Balaban J connectivity index is 1.28. The van der Waals surface area contributed by atoms with E-state index in [-0.39, 0.29) is 47.2 Å². The van der Waals surface area contributed by atoms with Crippen LogP contribution in [0.25, 0.3) is 0 Å². The SMILES string of the molecule is C=C(CC[C@@H](O)[C@@]1(C)CC[C@H](C(C)(C)OC(C)=O)O1)[C@H]1CC[C@@H]2O[C@H]([C@@]3(C)CC[C@H](Br)C(C)(C)O3)CC[C@@]2(C)O1. The monoisotopic (exact) mass is 628 g/mol. The van der Waals surface area contributed by atoms with E-state index in [9.17, 15) is 9.90 Å². The average molecular weight is 630 g/mol. The minimum atomic E-state index is -0.733. The van der Waals surface area contributed by atoms with Crippen LogP contribution in [0.1, 0.15) is 120 Å². The van der Waals surface area contributed by atoms with E-state index in [1.165, 1.54) is 6.92 Å². The molecule has 4 saturated heterocycles. The summed E-state index contributed by atoms with van der Waals surface area (Å²) in [7, 11) is 0. The van der Waals surface area contributed by atoms with Crippen LogP contribution in [0.4, 0.5) is 0 Å². The summed E-state index contributed by atoms with van der Waals surface area (Å²) in [5, 5.41) is 11.1. The first-order valence-electron chi connectivity index (χ1n) is 15.3. The predicted octanol–water partition coefficient (Wildman–Crippen LogP) is 6.56. The number of carbonyl (C=O) groups excluding carboxylic acids is 1. The number of ether oxygens (including phenoxy) is 5. The van der Waals surface area contributed by atoms with Gasteiger partial charge >= 0.3 is 5.97 Å². The fourth-order valence-corrected chi connectivity index (χ4v) is 7.77. The maximum Gasteiger partial charge on any atom is 0.303 e. The molecule has 0 amide bonds. The number of hydrogen-bond acceptors (Lipinski definition) is 7. The highest BCUT2D eigenvalue weighted by Gasteiger charge is 2.54. The van der Waals surface area contributed by atoms with Gasteiger partial charge in [0.05, 0.1) is 52.9 Å². The Morgan fingerprint density at radius 3 is 2.30 bits per heavy atom. The molecule has 7 nitrogen and oxygen atoms in total. The molecule has 230 valence electrons. The van der Waals surface area contributed by atoms with Gasteiger partial charge in [0.25, 0.3) is 0 Å². The Labute approximate surface area is 250 Å². The van der Waals surface area contributed by atoms with Crippen LogP contribution < -0.4 is 0 Å². The van der Waals surface area contributed by atoms with E-state index >= 15 is 0 Å². The molecule has 4 rings (SSSR count). The van der Waals surface area contributed by atoms with E-state index in [0.29, 0.717) is 24.1 Å². The van der Waals surface area contributed by atoms with Crippen molar-refractivity contribution in [2.75, 3.05) is 0 Å². The van der Waals surface area contributed by atoms with Crippen molar-refractivity contribution in [1.82, 2.24) is 0 Å². The number of carbonyl (C=O) groups is 1. The molecule has 0 radical (unpaired) electrons. The van der Waals surface area contributed by atoms with Crippen molar-refractivity contribution in [3.8, 4) is 0 Å². The van der Waals surface area contributed by atoms with Crippen LogP contribution in [0.5, 0.6) is 0 Å². The highest BCUT2D eigenvalue weighted by atomic mass is 79.9. The summed E-state index contributed by atoms with van der Waals surface area (Å²) in [6.45, 7) is 20.2. The lowest BCUT2D eigenvalue weighted by Crippen LogP contribution is -2.62. The first-order chi connectivity index (χ1) is 18.4. The molecule has 1 N–H and O–H groups in total. The molecule has 4 aliphatic rings. The zero-order valence-corrected chi connectivity index (χ0v) is 27.6. The van der Waals surface area contributed by atoms with Gasteiger partial charge in [-0.05, 0) is 118 Å². The van der Waals surface area contributed by atoms with Crippen molar-refractivity contribution >= 4 is 21.9 Å². The molecule has 0 aromatic rings. The smallest absolute Gasteiger partial charge is 0.303 e. The minimum absolute atomic E-state index is 0.0365. The predicted molar refractivity (Wildman–Crippen MR) is 159 cm³/mol. The van der Waals surface area contributed by atoms with Crippen LogP contribution >= 0.6 is 15.9 Å². The van der Waals surface area contributed by atoms with Crippen LogP contribution in [0.2, 0.25) is 0 Å². The van der Waals surface area contributed by atoms with Crippen molar-refractivity contribution in [1.29, 1.82) is 0 Å². The van der Waals surface area contributed by atoms with Crippen LogP contribution in [0, 0.1) is 0 Å². The normalized spacial score (nSPS) is 42.6. The van der Waals surface area contributed by atoms with Crippen molar-refractivity contribution in [3.63, 3.8) is 0 Å². The minimum Gasteiger partial charge on any atom is -0.457 e. The summed E-state index contributed by atoms with van der Waals surface area (Å²) in [5.41, 5.74) is -1.27. The third kappa shape index (κ3) is 6.67. The molecule has 4 fully saturated rings. The summed E-state index contributed by atoms with van der Waals surface area (Å²) in [6, 6.07) is 0. The number of fused-ring (bicyclic) bond motifs is 1. The molecule has 0 aliphatic carbocycles. The number of alkyl halides is 1. The van der Waals surface area contributed by atoms with E-state index in [1.54, 1.807) is 0 Å². The first-order valence-corrected chi connectivity index (χ1v) is 16.2. The van der Waals surface area contributed by atoms with E-state index in [1.807, 2.05) is 20.8 Å². The van der Waals surface area contributed by atoms with Crippen molar-refractivity contribution < 1.29 is 33.6 Å². The summed E-state index contributed by atoms with van der Waals surface area (Å²) < 4.78 is 31.9. The van der Waals surface area contributed by atoms with Gasteiger partial charge in [-0.3, -0.25) is 4.79 Å². The number of aliphatic hydroxyl groups is 1. The third-order valence-corrected chi connectivity index (χ3v) is 11.8. The van der Waals surface area contributed by atoms with Crippen molar-refractivity contribution in [3.05, 3.63) is 12.2 Å². The summed E-state index contributed by atoms with van der Waals surface area (Å²) >= 11 is 3.80. The quantitative estimate of drug-likeness (QED) is 0.185. The second kappa shape index (κ2) is 11.5. The number of esters is 1. The fraction of sp³-hybridized carbons (Fsp3) is 0.906. The summed E-state index contributed by atoms with van der Waals surface area (Å²) in [5.74, 6) is -0.324. The Hall–Kier alpha value is -0.510. The van der Waals surface area contributed by atoms with E-state index < -0.39 is 17.3 Å². The molecule has 0 aromatic carbocycles. The molecule has 40 heavy (non-hydrogen) atoms. The van der Waals surface area contributed by atoms with Crippen molar-refractivity contribution in [2.24, 2.45) is 0 Å². The standard InChI is InChI=1S/C32H53BrO7/c1-20(10-12-24(35)30(7)18-15-25(39-30)29(5,6)37-21(2)34)22-11-13-26-31(8,38-22)19-16-27(36-26)32(9)17-14-23(33)28(3,4)40-32/h22-27,35H,1,10-19H2,2-9H3/t22-,23+,24-,25-,26+,27+,30-,31-,32-/m1/s1. The van der Waals surface area contributed by atoms with Gasteiger partial charge in [-0.1, -0.05) is 22.5 Å². The second-order valence-electron chi connectivity index (χ2n) is 14.5. The molecule has 0 saturated carbocycles. The van der Waals surface area contributed by atoms with Gasteiger partial charge in [-0.25, -0.2) is 0 Å². The second-order valence-corrected chi connectivity index (χ2v) is 15.6. The van der Waals surface area contributed by atoms with Crippen LogP contribution in [-0.2, 0) is 28.5 Å². The number of hydrogen-bond donors (Lipinski definition) is 1. The summed E-state index contributed by atoms with van der Waals surface area (Å²) in [4.78, 5) is 11.9. The molecular formula is C32H53BrO7. The maximum atomic E-state index is 11.5. The number of halogens is 1. The van der Waals surface area contributed by atoms with Gasteiger partial charge in [0.15, 0.2) is 0 Å². The third-order valence-electron chi connectivity index (χ3n) is 10.2. The molecule has 0 unspecified atom stereocenters. The Morgan fingerprint density at radius 1 is 1.00 bits per heavy atom. The fourth-order valence-electron chi connectivity index (χ4n) is 7.44. The number of aliphatic hydroxyl groups excluding tert-OH is 1. The summed E-state index contributed by atoms with van der Waals surface area (Å²) in [6.07, 6.45) is 7.50. The molecule has 8 heteroatoms. The highest BCUT2D eigenvalue weighted by Crippen LogP contribution is 2.48. The zero-order valence-electron chi connectivity index (χ0n) is 26.0. The molecule has 4 aliphatic heterocycles. The number of rotatable bonds is 8. The van der Waals surface area contributed by atoms with Gasteiger partial charge in [0.1, 0.15) is 5.60 Å². The molecule has 9 atom stereocenters. The van der Waals surface area contributed by atoms with E-state index in [2.05, 4.69) is 50.2 Å². The van der Waals surface area contributed by atoms with E-state index in [0.717, 1.165) is 50.5 Å². The van der Waals surface area contributed by atoms with Gasteiger partial charge in [-0.2, -0.15) is 0 Å². The van der Waals surface area contributed by atoms with Gasteiger partial charge in [0.2, 0.25) is 0 Å². The van der Waals surface area contributed by atoms with Crippen molar-refractivity contribution in [2.45, 2.75) is 183 Å².